The van der Waals surface area contributed by atoms with E-state index in [4.69, 9.17) is 9.15 Å². The minimum Gasteiger partial charge on any atom is -0.459 e. The normalized spacial score (nSPS) is 18.0. The van der Waals surface area contributed by atoms with Crippen molar-refractivity contribution in [2.75, 3.05) is 19.6 Å². The van der Waals surface area contributed by atoms with E-state index in [0.717, 1.165) is 43.6 Å². The van der Waals surface area contributed by atoms with E-state index < -0.39 is 22.7 Å². The lowest BCUT2D eigenvalue weighted by Gasteiger charge is -2.27. The fourth-order valence-corrected chi connectivity index (χ4v) is 5.22. The second kappa shape index (κ2) is 9.82. The summed E-state index contributed by atoms with van der Waals surface area (Å²) >= 11 is 0. The molecule has 8 nitrogen and oxygen atoms in total. The van der Waals surface area contributed by atoms with Crippen molar-refractivity contribution in [1.29, 1.82) is 0 Å². The number of carbonyl (C=O) groups is 2. The zero-order valence-corrected chi connectivity index (χ0v) is 21.8. The number of nitrogens with one attached hydrogen (secondary N) is 1. The Labute approximate surface area is 216 Å². The van der Waals surface area contributed by atoms with Gasteiger partial charge in [0.15, 0.2) is 5.58 Å². The Bertz CT molecular complexity index is 1340. The van der Waals surface area contributed by atoms with Crippen molar-refractivity contribution < 1.29 is 18.7 Å². The molecule has 2 aliphatic rings. The van der Waals surface area contributed by atoms with Gasteiger partial charge >= 0.3 is 11.7 Å². The molecule has 0 spiro atoms. The number of rotatable bonds is 8. The third-order valence-electron chi connectivity index (χ3n) is 7.26. The van der Waals surface area contributed by atoms with Gasteiger partial charge in [-0.25, -0.2) is 4.79 Å². The first kappa shape index (κ1) is 25.3. The van der Waals surface area contributed by atoms with Gasteiger partial charge in [-0.2, -0.15) is 0 Å². The smallest absolute Gasteiger partial charge is 0.420 e. The van der Waals surface area contributed by atoms with Crippen molar-refractivity contribution in [1.82, 2.24) is 14.8 Å². The molecular formula is C29H35N3O5. The number of aromatic nitrogens is 1. The number of amides is 1. The molecular weight excluding hydrogens is 470 g/mol. The van der Waals surface area contributed by atoms with Crippen molar-refractivity contribution in [3.05, 3.63) is 70.2 Å². The Balaban J connectivity index is 1.40. The molecule has 1 aliphatic heterocycles. The second-order valence-electron chi connectivity index (χ2n) is 11.2. The van der Waals surface area contributed by atoms with Crippen LogP contribution in [0.2, 0.25) is 0 Å². The highest BCUT2D eigenvalue weighted by atomic mass is 16.6. The summed E-state index contributed by atoms with van der Waals surface area (Å²) < 4.78 is 12.0. The summed E-state index contributed by atoms with van der Waals surface area (Å²) in [6.07, 6.45) is 3.83. The first-order valence-corrected chi connectivity index (χ1v) is 13.1. The van der Waals surface area contributed by atoms with Crippen molar-refractivity contribution in [2.45, 2.75) is 70.1 Å². The maximum absolute atomic E-state index is 13.8. The molecule has 0 unspecified atom stereocenters. The van der Waals surface area contributed by atoms with Gasteiger partial charge in [0.2, 0.25) is 5.91 Å². The SMILES string of the molecule is CC(C)(C)OC(=O)Cn1c(=O)oc2ccc(C3(C(=O)N[C@H](CN4CCCC4)c4ccccc4)CC3)cc21. The number of oxazole rings is 1. The molecule has 3 aromatic rings. The number of hydrogen-bond donors (Lipinski definition) is 1. The largest absolute Gasteiger partial charge is 0.459 e. The molecule has 196 valence electrons. The minimum atomic E-state index is -0.661. The summed E-state index contributed by atoms with van der Waals surface area (Å²) in [5, 5.41) is 3.34. The Morgan fingerprint density at radius 2 is 1.78 bits per heavy atom. The summed E-state index contributed by atoms with van der Waals surface area (Å²) in [5.74, 6) is -1.15. The Morgan fingerprint density at radius 3 is 2.43 bits per heavy atom. The lowest BCUT2D eigenvalue weighted by molar-refractivity contribution is -0.155. The predicted octanol–water partition coefficient (Wildman–Crippen LogP) is 3.92. The Morgan fingerprint density at radius 1 is 1.08 bits per heavy atom. The van der Waals surface area contributed by atoms with Gasteiger partial charge < -0.3 is 19.4 Å². The predicted molar refractivity (Wildman–Crippen MR) is 140 cm³/mol. The van der Waals surface area contributed by atoms with Crippen molar-refractivity contribution in [2.24, 2.45) is 0 Å². The number of hydrogen-bond acceptors (Lipinski definition) is 6. The lowest BCUT2D eigenvalue weighted by atomic mass is 9.93. The summed E-state index contributed by atoms with van der Waals surface area (Å²) in [4.78, 5) is 41.1. The number of nitrogens with zero attached hydrogens (tertiary/aromatic N) is 2. The summed E-state index contributed by atoms with van der Waals surface area (Å²) in [6, 6.07) is 15.4. The van der Waals surface area contributed by atoms with E-state index in [1.165, 1.54) is 17.4 Å². The molecule has 1 aromatic heterocycles. The molecule has 2 aromatic carbocycles. The molecule has 8 heteroatoms. The monoisotopic (exact) mass is 505 g/mol. The number of fused-ring (bicyclic) bond motifs is 1. The van der Waals surface area contributed by atoms with Crippen LogP contribution in [0, 0.1) is 0 Å². The zero-order chi connectivity index (χ0) is 26.2. The average Bonchev–Trinajstić information content (AvgIpc) is 3.40. The number of esters is 1. The minimum absolute atomic E-state index is 0.00978. The topological polar surface area (TPSA) is 93.8 Å². The molecule has 1 amide bonds. The first-order valence-electron chi connectivity index (χ1n) is 13.1. The fraction of sp³-hybridized carbons (Fsp3) is 0.483. The zero-order valence-electron chi connectivity index (χ0n) is 21.8. The number of benzene rings is 2. The number of ether oxygens (including phenoxy) is 1. The highest BCUT2D eigenvalue weighted by Crippen LogP contribution is 2.49. The van der Waals surface area contributed by atoms with Gasteiger partial charge in [0.05, 0.1) is 17.0 Å². The van der Waals surface area contributed by atoms with Crippen molar-refractivity contribution >= 4 is 23.0 Å². The van der Waals surface area contributed by atoms with E-state index in [1.54, 1.807) is 26.8 Å². The average molecular weight is 506 g/mol. The van der Waals surface area contributed by atoms with Gasteiger partial charge in [0.25, 0.3) is 0 Å². The van der Waals surface area contributed by atoms with Crippen LogP contribution in [0.5, 0.6) is 0 Å². The maximum Gasteiger partial charge on any atom is 0.420 e. The molecule has 0 radical (unpaired) electrons. The van der Waals surface area contributed by atoms with E-state index in [-0.39, 0.29) is 18.5 Å². The third kappa shape index (κ3) is 5.49. The standard InChI is InChI=1S/C29H35N3O5/c1-28(2,3)37-25(33)19-32-23-17-21(11-12-24(23)36-27(32)35)29(13-14-29)26(34)30-22(18-31-15-7-8-16-31)20-9-5-4-6-10-20/h4-6,9-12,17,22H,7-8,13-16,18-19H2,1-3H3,(H,30,34)/t22-/m1/s1. The van der Waals surface area contributed by atoms with Gasteiger partial charge in [-0.15, -0.1) is 0 Å². The van der Waals surface area contributed by atoms with Crippen LogP contribution >= 0.6 is 0 Å². The van der Waals surface area contributed by atoms with Crippen LogP contribution in [0.4, 0.5) is 0 Å². The highest BCUT2D eigenvalue weighted by molar-refractivity contribution is 5.93. The van der Waals surface area contributed by atoms with Crippen LogP contribution in [0.25, 0.3) is 11.1 Å². The third-order valence-corrected chi connectivity index (χ3v) is 7.26. The van der Waals surface area contributed by atoms with Crippen molar-refractivity contribution in [3.63, 3.8) is 0 Å². The molecule has 0 bridgehead atoms. The van der Waals surface area contributed by atoms with E-state index in [0.29, 0.717) is 11.1 Å². The van der Waals surface area contributed by atoms with Crippen LogP contribution in [-0.4, -0.2) is 46.6 Å². The summed E-state index contributed by atoms with van der Waals surface area (Å²) in [5.41, 5.74) is 1.47. The van der Waals surface area contributed by atoms with Gasteiger partial charge in [-0.3, -0.25) is 14.2 Å². The van der Waals surface area contributed by atoms with Crippen LogP contribution < -0.4 is 11.1 Å². The number of carbonyl (C=O) groups excluding carboxylic acids is 2. The van der Waals surface area contributed by atoms with Crippen LogP contribution in [0.1, 0.15) is 63.6 Å². The van der Waals surface area contributed by atoms with E-state index in [9.17, 15) is 14.4 Å². The molecule has 1 aliphatic carbocycles. The summed E-state index contributed by atoms with van der Waals surface area (Å²) in [7, 11) is 0. The van der Waals surface area contributed by atoms with Gasteiger partial charge in [-0.1, -0.05) is 36.4 Å². The molecule has 1 saturated heterocycles. The summed E-state index contributed by atoms with van der Waals surface area (Å²) in [6.45, 7) is 7.97. The van der Waals surface area contributed by atoms with Gasteiger partial charge in [0.1, 0.15) is 12.1 Å². The maximum atomic E-state index is 13.8. The molecule has 1 atom stereocenters. The van der Waals surface area contributed by atoms with Crippen molar-refractivity contribution in [3.8, 4) is 0 Å². The Hall–Kier alpha value is -3.39. The molecule has 1 N–H and O–H groups in total. The quantitative estimate of drug-likeness (QED) is 0.467. The van der Waals surface area contributed by atoms with Gasteiger partial charge in [-0.05, 0) is 82.8 Å². The number of likely N-dealkylation sites (tertiary alicyclic amines) is 1. The highest BCUT2D eigenvalue weighted by Gasteiger charge is 2.52. The van der Waals surface area contributed by atoms with E-state index >= 15 is 0 Å². The Kier molecular flexibility index (Phi) is 6.70. The van der Waals surface area contributed by atoms with E-state index in [2.05, 4.69) is 22.3 Å². The van der Waals surface area contributed by atoms with Gasteiger partial charge in [0, 0.05) is 6.54 Å². The second-order valence-corrected chi connectivity index (χ2v) is 11.2. The molecule has 5 rings (SSSR count). The lowest BCUT2D eigenvalue weighted by Crippen LogP contribution is -2.41. The van der Waals surface area contributed by atoms with Crippen LogP contribution in [0.3, 0.4) is 0 Å². The fourth-order valence-electron chi connectivity index (χ4n) is 5.22. The molecule has 37 heavy (non-hydrogen) atoms. The molecule has 2 heterocycles. The van der Waals surface area contributed by atoms with E-state index in [1.807, 2.05) is 30.3 Å². The van der Waals surface area contributed by atoms with Crippen LogP contribution in [-0.2, 0) is 26.3 Å². The molecule has 2 fully saturated rings. The first-order chi connectivity index (χ1) is 17.6. The molecule has 1 saturated carbocycles. The van der Waals surface area contributed by atoms with Crippen LogP contribution in [0.15, 0.2) is 57.7 Å².